The van der Waals surface area contributed by atoms with Gasteiger partial charge in [0.1, 0.15) is 0 Å². The zero-order valence-electron chi connectivity index (χ0n) is 13.1. The molecule has 0 N–H and O–H groups in total. The molecule has 3 rings (SSSR count). The van der Waals surface area contributed by atoms with Crippen LogP contribution < -0.4 is 0 Å². The van der Waals surface area contributed by atoms with Gasteiger partial charge in [0.2, 0.25) is 0 Å². The lowest BCUT2D eigenvalue weighted by molar-refractivity contribution is 0.0175. The molecular weight excluding hydrogens is 296 g/mol. The second-order valence-corrected chi connectivity index (χ2v) is 6.04. The van der Waals surface area contributed by atoms with Crippen LogP contribution in [0.5, 0.6) is 0 Å². The number of hydrogen-bond acceptors (Lipinski definition) is 1. The fourth-order valence-corrected chi connectivity index (χ4v) is 2.86. The van der Waals surface area contributed by atoms with Crippen molar-refractivity contribution in [2.75, 3.05) is 13.1 Å². The van der Waals surface area contributed by atoms with Gasteiger partial charge in [-0.1, -0.05) is 36.4 Å². The molecule has 0 radical (unpaired) electrons. The smallest absolute Gasteiger partial charge is 0.270 e. The molecule has 0 atom stereocenters. The van der Waals surface area contributed by atoms with Gasteiger partial charge in [0.15, 0.2) is 0 Å². The molecule has 23 heavy (non-hydrogen) atoms. The molecule has 1 aliphatic rings. The van der Waals surface area contributed by atoms with Crippen LogP contribution >= 0.6 is 0 Å². The van der Waals surface area contributed by atoms with E-state index in [1.165, 1.54) is 12.1 Å². The highest BCUT2D eigenvalue weighted by Gasteiger charge is 2.23. The molecule has 0 aromatic heterocycles. The molecule has 2 aromatic carbocycles. The molecule has 2 aromatic rings. The number of rotatable bonds is 3. The van der Waals surface area contributed by atoms with Crippen molar-refractivity contribution < 1.29 is 13.6 Å². The Morgan fingerprint density at radius 1 is 0.913 bits per heavy atom. The minimum absolute atomic E-state index is 0.00193. The number of alkyl halides is 2. The van der Waals surface area contributed by atoms with Gasteiger partial charge >= 0.3 is 0 Å². The predicted octanol–water partition coefficient (Wildman–Crippen LogP) is 4.70. The minimum Gasteiger partial charge on any atom is -0.339 e. The van der Waals surface area contributed by atoms with Crippen LogP contribution in [0.4, 0.5) is 8.78 Å². The summed E-state index contributed by atoms with van der Waals surface area (Å²) in [6.07, 6.45) is 2.14. The van der Waals surface area contributed by atoms with Crippen LogP contribution in [-0.2, 0) is 5.92 Å². The first-order valence-electron chi connectivity index (χ1n) is 7.83. The van der Waals surface area contributed by atoms with Gasteiger partial charge in [0.05, 0.1) is 0 Å². The van der Waals surface area contributed by atoms with E-state index in [2.05, 4.69) is 0 Å². The first-order chi connectivity index (χ1) is 10.9. The molecule has 120 valence electrons. The van der Waals surface area contributed by atoms with Crippen LogP contribution in [0.15, 0.2) is 48.5 Å². The Morgan fingerprint density at radius 3 is 1.87 bits per heavy atom. The maximum Gasteiger partial charge on any atom is 0.270 e. The highest BCUT2D eigenvalue weighted by molar-refractivity contribution is 5.94. The Kier molecular flexibility index (Phi) is 4.16. The van der Waals surface area contributed by atoms with Crippen LogP contribution in [0.25, 0.3) is 11.1 Å². The monoisotopic (exact) mass is 315 g/mol. The van der Waals surface area contributed by atoms with Gasteiger partial charge < -0.3 is 4.90 Å². The number of likely N-dealkylation sites (tertiary alicyclic amines) is 1. The van der Waals surface area contributed by atoms with E-state index in [1.807, 2.05) is 17.0 Å². The highest BCUT2D eigenvalue weighted by Crippen LogP contribution is 2.29. The molecule has 1 saturated heterocycles. The fourth-order valence-electron chi connectivity index (χ4n) is 2.86. The summed E-state index contributed by atoms with van der Waals surface area (Å²) in [4.78, 5) is 14.2. The summed E-state index contributed by atoms with van der Waals surface area (Å²) in [5.41, 5.74) is 2.45. The summed E-state index contributed by atoms with van der Waals surface area (Å²) >= 11 is 0. The zero-order valence-corrected chi connectivity index (χ0v) is 13.1. The molecule has 1 fully saturated rings. The number of carbonyl (C=O) groups is 1. The fraction of sp³-hybridized carbons (Fsp3) is 0.316. The third-order valence-corrected chi connectivity index (χ3v) is 4.25. The van der Waals surface area contributed by atoms with Gasteiger partial charge in [-0.3, -0.25) is 4.79 Å². The largest absolute Gasteiger partial charge is 0.339 e. The second-order valence-electron chi connectivity index (χ2n) is 6.04. The number of carbonyl (C=O) groups excluding carboxylic acids is 1. The Bertz CT molecular complexity index is 681. The lowest BCUT2D eigenvalue weighted by Crippen LogP contribution is -2.27. The summed E-state index contributed by atoms with van der Waals surface area (Å²) < 4.78 is 26.5. The number of hydrogen-bond donors (Lipinski definition) is 0. The van der Waals surface area contributed by atoms with Crippen molar-refractivity contribution in [3.05, 3.63) is 59.7 Å². The predicted molar refractivity (Wildman–Crippen MR) is 86.6 cm³/mol. The van der Waals surface area contributed by atoms with Gasteiger partial charge in [-0.25, -0.2) is 8.78 Å². The number of nitrogens with zero attached hydrogens (tertiary/aromatic N) is 1. The molecule has 4 heteroatoms. The van der Waals surface area contributed by atoms with Crippen molar-refractivity contribution in [1.29, 1.82) is 0 Å². The summed E-state index contributed by atoms with van der Waals surface area (Å²) in [5, 5.41) is 0. The van der Waals surface area contributed by atoms with Crippen molar-refractivity contribution in [3.63, 3.8) is 0 Å². The van der Waals surface area contributed by atoms with Crippen LogP contribution in [0.2, 0.25) is 0 Å². The quantitative estimate of drug-likeness (QED) is 0.804. The zero-order chi connectivity index (χ0) is 16.4. The normalized spacial score (nSPS) is 15.0. The van der Waals surface area contributed by atoms with Crippen LogP contribution in [0.3, 0.4) is 0 Å². The molecule has 1 heterocycles. The maximum atomic E-state index is 13.2. The van der Waals surface area contributed by atoms with Crippen molar-refractivity contribution >= 4 is 5.91 Å². The van der Waals surface area contributed by atoms with E-state index in [9.17, 15) is 13.6 Å². The SMILES string of the molecule is CC(F)(F)c1ccc(-c2ccc(C(=O)N3CCCC3)cc2)cc1. The Labute approximate surface area is 134 Å². The van der Waals surface area contributed by atoms with Gasteiger partial charge in [0, 0.05) is 31.1 Å². The van der Waals surface area contributed by atoms with Crippen molar-refractivity contribution in [3.8, 4) is 11.1 Å². The lowest BCUT2D eigenvalue weighted by Gasteiger charge is -2.15. The first-order valence-corrected chi connectivity index (χ1v) is 7.83. The second kappa shape index (κ2) is 6.11. The number of halogens is 2. The third kappa shape index (κ3) is 3.41. The topological polar surface area (TPSA) is 20.3 Å². The highest BCUT2D eigenvalue weighted by atomic mass is 19.3. The van der Waals surface area contributed by atoms with Crippen LogP contribution in [-0.4, -0.2) is 23.9 Å². The molecule has 0 bridgehead atoms. The molecule has 1 aliphatic heterocycles. The minimum atomic E-state index is -2.83. The van der Waals surface area contributed by atoms with Gasteiger partial charge in [-0.05, 0) is 36.1 Å². The third-order valence-electron chi connectivity index (χ3n) is 4.25. The molecule has 0 saturated carbocycles. The molecule has 0 spiro atoms. The van der Waals surface area contributed by atoms with E-state index >= 15 is 0 Å². The van der Waals surface area contributed by atoms with E-state index in [-0.39, 0.29) is 11.5 Å². The van der Waals surface area contributed by atoms with Crippen LogP contribution in [0, 0.1) is 0 Å². The molecule has 1 amide bonds. The maximum absolute atomic E-state index is 13.2. The van der Waals surface area contributed by atoms with E-state index in [4.69, 9.17) is 0 Å². The van der Waals surface area contributed by atoms with E-state index in [1.54, 1.807) is 24.3 Å². The van der Waals surface area contributed by atoms with E-state index < -0.39 is 5.92 Å². The van der Waals surface area contributed by atoms with Crippen molar-refractivity contribution in [1.82, 2.24) is 4.90 Å². The van der Waals surface area contributed by atoms with Gasteiger partial charge in [-0.15, -0.1) is 0 Å². The summed E-state index contributed by atoms with van der Waals surface area (Å²) in [6, 6.07) is 13.6. The lowest BCUT2D eigenvalue weighted by atomic mass is 10.0. The summed E-state index contributed by atoms with van der Waals surface area (Å²) in [5.74, 6) is -2.76. The van der Waals surface area contributed by atoms with Crippen molar-refractivity contribution in [2.45, 2.75) is 25.7 Å². The summed E-state index contributed by atoms with van der Waals surface area (Å²) in [7, 11) is 0. The average molecular weight is 315 g/mol. The standard InChI is InChI=1S/C19H19F2NO/c1-19(20,21)17-10-8-15(9-11-17)14-4-6-16(7-5-14)18(23)22-12-2-3-13-22/h4-11H,2-3,12-13H2,1H3. The average Bonchev–Trinajstić information content (AvgIpc) is 3.08. The van der Waals surface area contributed by atoms with Gasteiger partial charge in [0.25, 0.3) is 11.8 Å². The van der Waals surface area contributed by atoms with Gasteiger partial charge in [-0.2, -0.15) is 0 Å². The number of amides is 1. The Balaban J connectivity index is 1.78. The first kappa shape index (κ1) is 15.7. The van der Waals surface area contributed by atoms with Crippen molar-refractivity contribution in [2.24, 2.45) is 0 Å². The van der Waals surface area contributed by atoms with Crippen LogP contribution in [0.1, 0.15) is 35.7 Å². The Hall–Kier alpha value is -2.23. The number of benzene rings is 2. The Morgan fingerprint density at radius 2 is 1.39 bits per heavy atom. The van der Waals surface area contributed by atoms with E-state index in [0.29, 0.717) is 5.56 Å². The van der Waals surface area contributed by atoms with E-state index in [0.717, 1.165) is 44.0 Å². The molecule has 0 aliphatic carbocycles. The summed E-state index contributed by atoms with van der Waals surface area (Å²) in [6.45, 7) is 2.54. The molecule has 2 nitrogen and oxygen atoms in total. The molecular formula is C19H19F2NO. The molecule has 0 unspecified atom stereocenters.